The normalized spacial score (nSPS) is 17.4. The van der Waals surface area contributed by atoms with E-state index in [0.29, 0.717) is 18.9 Å². The van der Waals surface area contributed by atoms with Crippen molar-refractivity contribution in [1.29, 1.82) is 0 Å². The van der Waals surface area contributed by atoms with Gasteiger partial charge in [0, 0.05) is 23.7 Å². The highest BCUT2D eigenvalue weighted by atomic mass is 16.7. The first-order valence-electron chi connectivity index (χ1n) is 9.61. The third-order valence-corrected chi connectivity index (χ3v) is 5.40. The number of aliphatic hydroxyl groups excluding tert-OH is 1. The van der Waals surface area contributed by atoms with Gasteiger partial charge in [-0.25, -0.2) is 0 Å². The molecule has 146 valence electrons. The van der Waals surface area contributed by atoms with Crippen molar-refractivity contribution in [2.24, 2.45) is 0 Å². The Kier molecular flexibility index (Phi) is 5.33. The predicted molar refractivity (Wildman–Crippen MR) is 109 cm³/mol. The van der Waals surface area contributed by atoms with Crippen LogP contribution in [-0.2, 0) is 15.3 Å². The van der Waals surface area contributed by atoms with Gasteiger partial charge >= 0.3 is 0 Å². The van der Waals surface area contributed by atoms with E-state index >= 15 is 0 Å². The highest BCUT2D eigenvalue weighted by Gasteiger charge is 2.40. The lowest BCUT2D eigenvalue weighted by Gasteiger charge is -2.39. The highest BCUT2D eigenvalue weighted by Crippen LogP contribution is 2.42. The summed E-state index contributed by atoms with van der Waals surface area (Å²) in [6.07, 6.45) is 0.836. The van der Waals surface area contributed by atoms with E-state index in [-0.39, 0.29) is 12.5 Å². The summed E-state index contributed by atoms with van der Waals surface area (Å²) in [5, 5.41) is 21.3. The van der Waals surface area contributed by atoms with Gasteiger partial charge in [0.1, 0.15) is 0 Å². The van der Waals surface area contributed by atoms with Gasteiger partial charge in [-0.1, -0.05) is 55.5 Å². The standard InChI is InChI=1S/C23H25NO4/c1-16(15-25)20-14-18(10-11-22(20)24-26)23(27-12-5-13-28-23)21-9-4-7-17-6-2-3-8-19(17)21/h2-4,6-11,14,16,24-26H,5,12-13,15H2,1H3. The summed E-state index contributed by atoms with van der Waals surface area (Å²) in [5.41, 5.74) is 5.40. The van der Waals surface area contributed by atoms with Crippen LogP contribution in [0.15, 0.2) is 60.7 Å². The highest BCUT2D eigenvalue weighted by molar-refractivity contribution is 5.86. The van der Waals surface area contributed by atoms with Crippen LogP contribution in [-0.4, -0.2) is 30.1 Å². The number of hydrogen-bond donors (Lipinski definition) is 3. The van der Waals surface area contributed by atoms with Crippen LogP contribution >= 0.6 is 0 Å². The van der Waals surface area contributed by atoms with Gasteiger partial charge < -0.3 is 14.6 Å². The van der Waals surface area contributed by atoms with E-state index in [4.69, 9.17) is 9.47 Å². The monoisotopic (exact) mass is 379 g/mol. The molecule has 3 aromatic rings. The average Bonchev–Trinajstić information content (AvgIpc) is 2.78. The Bertz CT molecular complexity index is 960. The summed E-state index contributed by atoms with van der Waals surface area (Å²) in [6, 6.07) is 20.0. The Morgan fingerprint density at radius 2 is 1.79 bits per heavy atom. The van der Waals surface area contributed by atoms with E-state index < -0.39 is 5.79 Å². The lowest BCUT2D eigenvalue weighted by molar-refractivity contribution is -0.248. The summed E-state index contributed by atoms with van der Waals surface area (Å²) in [7, 11) is 0. The van der Waals surface area contributed by atoms with Crippen LogP contribution in [0.1, 0.15) is 36.0 Å². The second kappa shape index (κ2) is 7.89. The Morgan fingerprint density at radius 1 is 1.04 bits per heavy atom. The molecule has 0 spiro atoms. The molecule has 5 nitrogen and oxygen atoms in total. The molecule has 1 aliphatic rings. The lowest BCUT2D eigenvalue weighted by Crippen LogP contribution is -2.39. The molecule has 0 aromatic heterocycles. The van der Waals surface area contributed by atoms with E-state index in [1.807, 2.05) is 43.3 Å². The van der Waals surface area contributed by atoms with Crippen molar-refractivity contribution in [2.45, 2.75) is 25.0 Å². The lowest BCUT2D eigenvalue weighted by atomic mass is 9.88. The van der Waals surface area contributed by atoms with Gasteiger partial charge in [0.15, 0.2) is 0 Å². The fraction of sp³-hybridized carbons (Fsp3) is 0.304. The third-order valence-electron chi connectivity index (χ3n) is 5.40. The van der Waals surface area contributed by atoms with Crippen LogP contribution in [0, 0.1) is 0 Å². The van der Waals surface area contributed by atoms with Crippen molar-refractivity contribution < 1.29 is 19.8 Å². The molecule has 0 amide bonds. The summed E-state index contributed by atoms with van der Waals surface area (Å²) >= 11 is 0. The van der Waals surface area contributed by atoms with Gasteiger partial charge in [-0.05, 0) is 34.9 Å². The largest absolute Gasteiger partial charge is 0.396 e. The first kappa shape index (κ1) is 18.9. The molecule has 1 saturated heterocycles. The van der Waals surface area contributed by atoms with Gasteiger partial charge in [0.05, 0.1) is 18.9 Å². The molecule has 0 saturated carbocycles. The van der Waals surface area contributed by atoms with Crippen molar-refractivity contribution >= 4 is 16.5 Å². The number of aliphatic hydroxyl groups is 1. The molecule has 0 radical (unpaired) electrons. The molecule has 3 aromatic carbocycles. The number of ether oxygens (including phenoxy) is 2. The minimum atomic E-state index is -1.03. The zero-order chi connectivity index (χ0) is 19.6. The number of nitrogens with one attached hydrogen (secondary N) is 1. The predicted octanol–water partition coefficient (Wildman–Crippen LogP) is 4.37. The van der Waals surface area contributed by atoms with Crippen molar-refractivity contribution in [1.82, 2.24) is 0 Å². The Morgan fingerprint density at radius 3 is 2.54 bits per heavy atom. The van der Waals surface area contributed by atoms with E-state index in [0.717, 1.165) is 33.9 Å². The van der Waals surface area contributed by atoms with Crippen molar-refractivity contribution in [3.05, 3.63) is 77.4 Å². The molecule has 0 bridgehead atoms. The number of benzene rings is 3. The third kappa shape index (κ3) is 3.16. The fourth-order valence-electron chi connectivity index (χ4n) is 3.90. The minimum Gasteiger partial charge on any atom is -0.396 e. The quantitative estimate of drug-likeness (QED) is 0.574. The second-order valence-corrected chi connectivity index (χ2v) is 7.19. The zero-order valence-corrected chi connectivity index (χ0v) is 15.9. The molecule has 5 heteroatoms. The molecule has 1 aliphatic heterocycles. The van der Waals surface area contributed by atoms with Crippen LogP contribution in [0.4, 0.5) is 5.69 Å². The maximum Gasteiger partial charge on any atom is 0.222 e. The Labute approximate surface area is 164 Å². The SMILES string of the molecule is CC(CO)c1cc(C2(c3cccc4ccccc34)OCCCO2)ccc1NO. The van der Waals surface area contributed by atoms with Crippen LogP contribution in [0.3, 0.4) is 0 Å². The Hall–Kier alpha value is -2.44. The van der Waals surface area contributed by atoms with Gasteiger partial charge in [0.25, 0.3) is 0 Å². The molecule has 1 unspecified atom stereocenters. The molecule has 3 N–H and O–H groups in total. The topological polar surface area (TPSA) is 71.0 Å². The molecular formula is C23H25NO4. The molecule has 1 heterocycles. The summed E-state index contributed by atoms with van der Waals surface area (Å²) in [6.45, 7) is 3.07. The fourth-order valence-corrected chi connectivity index (χ4v) is 3.90. The van der Waals surface area contributed by atoms with Gasteiger partial charge in [-0.3, -0.25) is 10.7 Å². The summed E-state index contributed by atoms with van der Waals surface area (Å²) in [5.74, 6) is -1.18. The maximum absolute atomic E-state index is 9.66. The Balaban J connectivity index is 1.94. The van der Waals surface area contributed by atoms with E-state index in [1.165, 1.54) is 0 Å². The first-order chi connectivity index (χ1) is 13.7. The van der Waals surface area contributed by atoms with Crippen LogP contribution in [0.25, 0.3) is 10.8 Å². The van der Waals surface area contributed by atoms with Gasteiger partial charge in [0.2, 0.25) is 5.79 Å². The molecule has 1 fully saturated rings. The molecule has 1 atom stereocenters. The van der Waals surface area contributed by atoms with Crippen molar-refractivity contribution in [2.75, 3.05) is 25.3 Å². The van der Waals surface area contributed by atoms with Crippen LogP contribution < -0.4 is 5.48 Å². The molecule has 0 aliphatic carbocycles. The molecule has 28 heavy (non-hydrogen) atoms. The average molecular weight is 379 g/mol. The second-order valence-electron chi connectivity index (χ2n) is 7.19. The summed E-state index contributed by atoms with van der Waals surface area (Å²) in [4.78, 5) is 0. The summed E-state index contributed by atoms with van der Waals surface area (Å²) < 4.78 is 12.6. The first-order valence-corrected chi connectivity index (χ1v) is 9.61. The molecule has 4 rings (SSSR count). The van der Waals surface area contributed by atoms with Crippen LogP contribution in [0.5, 0.6) is 0 Å². The number of anilines is 1. The van der Waals surface area contributed by atoms with E-state index in [9.17, 15) is 10.3 Å². The van der Waals surface area contributed by atoms with Crippen molar-refractivity contribution in [3.8, 4) is 0 Å². The zero-order valence-electron chi connectivity index (χ0n) is 15.9. The number of rotatable bonds is 5. The van der Waals surface area contributed by atoms with Crippen LogP contribution in [0.2, 0.25) is 0 Å². The number of fused-ring (bicyclic) bond motifs is 1. The van der Waals surface area contributed by atoms with Gasteiger partial charge in [-0.2, -0.15) is 0 Å². The molecular weight excluding hydrogens is 354 g/mol. The van der Waals surface area contributed by atoms with Crippen molar-refractivity contribution in [3.63, 3.8) is 0 Å². The van der Waals surface area contributed by atoms with E-state index in [1.54, 1.807) is 6.07 Å². The maximum atomic E-state index is 9.66. The smallest absolute Gasteiger partial charge is 0.222 e. The van der Waals surface area contributed by atoms with E-state index in [2.05, 4.69) is 23.7 Å². The minimum absolute atomic E-state index is 0.0267. The van der Waals surface area contributed by atoms with Gasteiger partial charge in [-0.15, -0.1) is 0 Å². The number of hydrogen-bond acceptors (Lipinski definition) is 5.